The molecule has 1 aliphatic rings. The van der Waals surface area contributed by atoms with E-state index >= 15 is 0 Å². The van der Waals surface area contributed by atoms with Crippen molar-refractivity contribution in [3.8, 4) is 0 Å². The van der Waals surface area contributed by atoms with Crippen LogP contribution >= 0.6 is 0 Å². The van der Waals surface area contributed by atoms with Crippen LogP contribution in [-0.4, -0.2) is 57.3 Å². The Morgan fingerprint density at radius 2 is 1.95 bits per heavy atom. The summed E-state index contributed by atoms with van der Waals surface area (Å²) >= 11 is 0. The van der Waals surface area contributed by atoms with Crippen molar-refractivity contribution >= 4 is 5.91 Å². The minimum Gasteiger partial charge on any atom is -0.355 e. The summed E-state index contributed by atoms with van der Waals surface area (Å²) in [6, 6.07) is 0. The standard InChI is InChI=1S/C13H24F3N3O/c1-11(2,9-19(3)4)7-18-10(20)12(13(14,15)16)5-6-17-8-12/h17H,5-9H2,1-4H3,(H,18,20). The van der Waals surface area contributed by atoms with Gasteiger partial charge in [-0.3, -0.25) is 4.79 Å². The summed E-state index contributed by atoms with van der Waals surface area (Å²) in [5.41, 5.74) is -2.56. The quantitative estimate of drug-likeness (QED) is 0.802. The molecular weight excluding hydrogens is 271 g/mol. The number of halogens is 3. The molecule has 0 aliphatic carbocycles. The third-order valence-electron chi connectivity index (χ3n) is 3.60. The molecule has 1 rings (SSSR count). The Morgan fingerprint density at radius 1 is 1.35 bits per heavy atom. The summed E-state index contributed by atoms with van der Waals surface area (Å²) in [5, 5.41) is 5.13. The molecule has 7 heteroatoms. The first-order valence-corrected chi connectivity index (χ1v) is 6.71. The van der Waals surface area contributed by atoms with Crippen molar-refractivity contribution in [1.82, 2.24) is 15.5 Å². The first-order chi connectivity index (χ1) is 9.00. The van der Waals surface area contributed by atoms with Gasteiger partial charge < -0.3 is 15.5 Å². The average molecular weight is 295 g/mol. The number of rotatable bonds is 5. The van der Waals surface area contributed by atoms with Gasteiger partial charge in [-0.15, -0.1) is 0 Å². The van der Waals surface area contributed by atoms with Gasteiger partial charge in [-0.1, -0.05) is 13.8 Å². The lowest BCUT2D eigenvalue weighted by molar-refractivity contribution is -0.216. The molecule has 1 aliphatic heterocycles. The number of nitrogens with zero attached hydrogens (tertiary/aromatic N) is 1. The van der Waals surface area contributed by atoms with Crippen molar-refractivity contribution in [2.75, 3.05) is 40.3 Å². The number of amides is 1. The van der Waals surface area contributed by atoms with E-state index < -0.39 is 17.5 Å². The van der Waals surface area contributed by atoms with Crippen LogP contribution in [0.25, 0.3) is 0 Å². The first-order valence-electron chi connectivity index (χ1n) is 6.71. The highest BCUT2D eigenvalue weighted by molar-refractivity contribution is 5.84. The van der Waals surface area contributed by atoms with Crippen molar-refractivity contribution in [2.24, 2.45) is 10.8 Å². The minimum atomic E-state index is -4.52. The van der Waals surface area contributed by atoms with Crippen LogP contribution in [0.3, 0.4) is 0 Å². The van der Waals surface area contributed by atoms with Crippen LogP contribution in [0.5, 0.6) is 0 Å². The molecule has 0 aromatic heterocycles. The Balaban J connectivity index is 2.70. The molecule has 0 aromatic rings. The van der Waals surface area contributed by atoms with Crippen molar-refractivity contribution in [2.45, 2.75) is 26.4 Å². The van der Waals surface area contributed by atoms with Gasteiger partial charge >= 0.3 is 6.18 Å². The van der Waals surface area contributed by atoms with E-state index in [1.807, 2.05) is 32.8 Å². The Kier molecular flexibility index (Phi) is 5.08. The number of nitrogens with one attached hydrogen (secondary N) is 2. The maximum atomic E-state index is 13.2. The van der Waals surface area contributed by atoms with Crippen molar-refractivity contribution in [3.05, 3.63) is 0 Å². The second kappa shape index (κ2) is 5.89. The number of alkyl halides is 3. The fraction of sp³-hybridized carbons (Fsp3) is 0.923. The highest BCUT2D eigenvalue weighted by Crippen LogP contribution is 2.43. The van der Waals surface area contributed by atoms with Crippen molar-refractivity contribution in [1.29, 1.82) is 0 Å². The number of hydrogen-bond donors (Lipinski definition) is 2. The van der Waals surface area contributed by atoms with E-state index in [0.29, 0.717) is 6.54 Å². The van der Waals surface area contributed by atoms with Crippen molar-refractivity contribution < 1.29 is 18.0 Å². The third-order valence-corrected chi connectivity index (χ3v) is 3.60. The van der Waals surface area contributed by atoms with Gasteiger partial charge in [-0.2, -0.15) is 13.2 Å². The summed E-state index contributed by atoms with van der Waals surface area (Å²) in [6.45, 7) is 4.62. The fourth-order valence-electron chi connectivity index (χ4n) is 2.66. The fourth-order valence-corrected chi connectivity index (χ4v) is 2.66. The summed E-state index contributed by atoms with van der Waals surface area (Å²) in [7, 11) is 3.78. The van der Waals surface area contributed by atoms with E-state index in [1.54, 1.807) is 0 Å². The third kappa shape index (κ3) is 3.85. The maximum Gasteiger partial charge on any atom is 0.404 e. The zero-order chi connectivity index (χ0) is 15.6. The van der Waals surface area contributed by atoms with Gasteiger partial charge in [0.2, 0.25) is 5.91 Å². The predicted octanol–water partition coefficient (Wildman–Crippen LogP) is 1.23. The zero-order valence-electron chi connectivity index (χ0n) is 12.5. The largest absolute Gasteiger partial charge is 0.404 e. The second-order valence-corrected chi connectivity index (χ2v) is 6.59. The second-order valence-electron chi connectivity index (χ2n) is 6.59. The smallest absolute Gasteiger partial charge is 0.355 e. The van der Waals surface area contributed by atoms with Gasteiger partial charge in [0.05, 0.1) is 0 Å². The molecule has 1 fully saturated rings. The molecule has 1 saturated heterocycles. The Hall–Kier alpha value is -0.820. The van der Waals surface area contributed by atoms with Crippen LogP contribution in [0.4, 0.5) is 13.2 Å². The van der Waals surface area contributed by atoms with E-state index in [0.717, 1.165) is 0 Å². The normalized spacial score (nSPS) is 24.2. The molecule has 118 valence electrons. The van der Waals surface area contributed by atoms with E-state index in [-0.39, 0.29) is 31.5 Å². The zero-order valence-corrected chi connectivity index (χ0v) is 12.5. The molecule has 2 N–H and O–H groups in total. The molecule has 1 amide bonds. The van der Waals surface area contributed by atoms with E-state index in [2.05, 4.69) is 10.6 Å². The van der Waals surface area contributed by atoms with Crippen LogP contribution in [0.15, 0.2) is 0 Å². The molecule has 0 radical (unpaired) electrons. The summed E-state index contributed by atoms with van der Waals surface area (Å²) < 4.78 is 39.6. The average Bonchev–Trinajstić information content (AvgIpc) is 2.73. The molecule has 1 atom stereocenters. The molecule has 20 heavy (non-hydrogen) atoms. The van der Waals surface area contributed by atoms with Gasteiger partial charge in [0.15, 0.2) is 5.41 Å². The van der Waals surface area contributed by atoms with E-state index in [4.69, 9.17) is 0 Å². The van der Waals surface area contributed by atoms with Gasteiger partial charge in [0.25, 0.3) is 0 Å². The summed E-state index contributed by atoms with van der Waals surface area (Å²) in [4.78, 5) is 14.0. The lowest BCUT2D eigenvalue weighted by Gasteiger charge is -2.33. The van der Waals surface area contributed by atoms with E-state index in [9.17, 15) is 18.0 Å². The van der Waals surface area contributed by atoms with Gasteiger partial charge in [-0.05, 0) is 32.5 Å². The summed E-state index contributed by atoms with van der Waals surface area (Å²) in [5.74, 6) is -0.915. The Morgan fingerprint density at radius 3 is 2.35 bits per heavy atom. The number of hydrogen-bond acceptors (Lipinski definition) is 3. The van der Waals surface area contributed by atoms with Crippen LogP contribution in [0, 0.1) is 10.8 Å². The number of carbonyl (C=O) groups is 1. The minimum absolute atomic E-state index is 0.198. The monoisotopic (exact) mass is 295 g/mol. The summed E-state index contributed by atoms with van der Waals surface area (Å²) in [6.07, 6.45) is -4.72. The van der Waals surface area contributed by atoms with Gasteiger partial charge in [0, 0.05) is 19.6 Å². The highest BCUT2D eigenvalue weighted by atomic mass is 19.4. The SMILES string of the molecule is CN(C)CC(C)(C)CNC(=O)C1(C(F)(F)F)CCNC1. The Labute approximate surface area is 118 Å². The molecule has 4 nitrogen and oxygen atoms in total. The van der Waals surface area contributed by atoms with Crippen molar-refractivity contribution in [3.63, 3.8) is 0 Å². The molecular formula is C13H24F3N3O. The Bertz CT molecular complexity index is 347. The van der Waals surface area contributed by atoms with E-state index in [1.165, 1.54) is 0 Å². The van der Waals surface area contributed by atoms with Gasteiger partial charge in [-0.25, -0.2) is 0 Å². The van der Waals surface area contributed by atoms with Crippen LogP contribution < -0.4 is 10.6 Å². The number of carbonyl (C=O) groups excluding carboxylic acids is 1. The molecule has 0 spiro atoms. The molecule has 0 aromatic carbocycles. The molecule has 1 unspecified atom stereocenters. The van der Waals surface area contributed by atoms with Crippen LogP contribution in [-0.2, 0) is 4.79 Å². The molecule has 0 bridgehead atoms. The predicted molar refractivity (Wildman–Crippen MR) is 71.3 cm³/mol. The lowest BCUT2D eigenvalue weighted by atomic mass is 9.84. The van der Waals surface area contributed by atoms with Crippen LogP contribution in [0.1, 0.15) is 20.3 Å². The topological polar surface area (TPSA) is 44.4 Å². The molecule has 1 heterocycles. The van der Waals surface area contributed by atoms with Gasteiger partial charge in [0.1, 0.15) is 0 Å². The first kappa shape index (κ1) is 17.2. The molecule has 0 saturated carbocycles. The lowest BCUT2D eigenvalue weighted by Crippen LogP contribution is -2.54. The highest BCUT2D eigenvalue weighted by Gasteiger charge is 2.61. The maximum absolute atomic E-state index is 13.2. The van der Waals surface area contributed by atoms with Crippen LogP contribution in [0.2, 0.25) is 0 Å².